The van der Waals surface area contributed by atoms with E-state index < -0.39 is 11.7 Å². The van der Waals surface area contributed by atoms with Crippen LogP contribution in [0, 0.1) is 0 Å². The van der Waals surface area contributed by atoms with E-state index >= 15 is 0 Å². The van der Waals surface area contributed by atoms with Gasteiger partial charge in [-0.15, -0.1) is 0 Å². The fourth-order valence-corrected chi connectivity index (χ4v) is 2.77. The molecule has 0 aliphatic carbocycles. The molecule has 0 aromatic heterocycles. The minimum absolute atomic E-state index is 0.440. The molecule has 0 bridgehead atoms. The van der Waals surface area contributed by atoms with Crippen molar-refractivity contribution in [2.75, 3.05) is 51.6 Å². The van der Waals surface area contributed by atoms with Crippen LogP contribution in [0.2, 0.25) is 0 Å². The maximum Gasteiger partial charge on any atom is 0.416 e. The van der Waals surface area contributed by atoms with Crippen molar-refractivity contribution in [1.29, 1.82) is 0 Å². The second kappa shape index (κ2) is 6.98. The van der Waals surface area contributed by atoms with Crippen LogP contribution in [0.25, 0.3) is 0 Å². The number of halogens is 4. The average Bonchev–Trinajstić information content (AvgIpc) is 2.41. The molecule has 7 heteroatoms. The minimum Gasteiger partial charge on any atom is -0.383 e. The van der Waals surface area contributed by atoms with Crippen LogP contribution in [-0.4, -0.2) is 56.1 Å². The van der Waals surface area contributed by atoms with Crippen molar-refractivity contribution in [2.24, 2.45) is 0 Å². The summed E-state index contributed by atoms with van der Waals surface area (Å²) in [7, 11) is 2.11. The summed E-state index contributed by atoms with van der Waals surface area (Å²) in [4.78, 5) is 4.64. The lowest BCUT2D eigenvalue weighted by molar-refractivity contribution is -0.137. The molecule has 21 heavy (non-hydrogen) atoms. The van der Waals surface area contributed by atoms with Gasteiger partial charge in [-0.25, -0.2) is 0 Å². The molecule has 1 aliphatic rings. The molecule has 1 saturated heterocycles. The quantitative estimate of drug-likeness (QED) is 0.884. The van der Waals surface area contributed by atoms with Gasteiger partial charge in [-0.1, -0.05) is 0 Å². The van der Waals surface area contributed by atoms with Crippen LogP contribution in [-0.2, 0) is 6.18 Å². The zero-order valence-electron chi connectivity index (χ0n) is 11.9. The van der Waals surface area contributed by atoms with E-state index in [1.165, 1.54) is 6.07 Å². The monoisotopic (exact) mass is 365 g/mol. The summed E-state index contributed by atoms with van der Waals surface area (Å²) in [6.07, 6.45) is -4.30. The first-order chi connectivity index (χ1) is 9.86. The van der Waals surface area contributed by atoms with Gasteiger partial charge in [-0.05, 0) is 41.2 Å². The van der Waals surface area contributed by atoms with Crippen molar-refractivity contribution < 1.29 is 13.2 Å². The summed E-state index contributed by atoms with van der Waals surface area (Å²) in [6, 6.07) is 3.68. The zero-order valence-corrected chi connectivity index (χ0v) is 13.5. The van der Waals surface area contributed by atoms with Crippen LogP contribution in [0.1, 0.15) is 5.56 Å². The largest absolute Gasteiger partial charge is 0.416 e. The number of hydrogen-bond acceptors (Lipinski definition) is 3. The topological polar surface area (TPSA) is 18.5 Å². The van der Waals surface area contributed by atoms with Gasteiger partial charge in [0.25, 0.3) is 0 Å². The second-order valence-corrected chi connectivity index (χ2v) is 6.12. The molecule has 1 heterocycles. The van der Waals surface area contributed by atoms with Gasteiger partial charge in [-0.2, -0.15) is 13.2 Å². The molecule has 0 radical (unpaired) electrons. The first kappa shape index (κ1) is 16.6. The van der Waals surface area contributed by atoms with E-state index in [0.29, 0.717) is 16.7 Å². The van der Waals surface area contributed by atoms with Crippen molar-refractivity contribution in [2.45, 2.75) is 6.18 Å². The number of hydrogen-bond donors (Lipinski definition) is 1. The summed E-state index contributed by atoms with van der Waals surface area (Å²) in [6.45, 7) is 5.79. The summed E-state index contributed by atoms with van der Waals surface area (Å²) in [5.41, 5.74) is 0.0520. The van der Waals surface area contributed by atoms with E-state index in [2.05, 4.69) is 38.1 Å². The number of rotatable bonds is 4. The Kier molecular flexibility index (Phi) is 5.51. The van der Waals surface area contributed by atoms with Crippen LogP contribution in [0.4, 0.5) is 18.9 Å². The van der Waals surface area contributed by atoms with Gasteiger partial charge in [0.15, 0.2) is 0 Å². The van der Waals surface area contributed by atoms with Gasteiger partial charge in [0.2, 0.25) is 0 Å². The first-order valence-electron chi connectivity index (χ1n) is 6.88. The molecular formula is C14H19BrF3N3. The van der Waals surface area contributed by atoms with E-state index in [0.717, 1.165) is 44.9 Å². The Hall–Kier alpha value is -0.790. The third-order valence-electron chi connectivity index (χ3n) is 3.64. The Morgan fingerprint density at radius 3 is 2.43 bits per heavy atom. The third-order valence-corrected chi connectivity index (χ3v) is 4.29. The van der Waals surface area contributed by atoms with Crippen LogP contribution in [0.15, 0.2) is 22.7 Å². The molecule has 0 saturated carbocycles. The molecule has 0 amide bonds. The Labute approximate surface area is 131 Å². The smallest absolute Gasteiger partial charge is 0.383 e. The average molecular weight is 366 g/mol. The minimum atomic E-state index is -4.30. The number of anilines is 1. The summed E-state index contributed by atoms with van der Waals surface area (Å²) >= 11 is 3.19. The normalized spacial score (nSPS) is 18.0. The lowest BCUT2D eigenvalue weighted by Crippen LogP contribution is -2.45. The van der Waals surface area contributed by atoms with E-state index in [-0.39, 0.29) is 0 Å². The fraction of sp³-hybridized carbons (Fsp3) is 0.571. The SMILES string of the molecule is CN1CCN(CCNc2ccc(C(F)(F)F)cc2Br)CC1. The maximum absolute atomic E-state index is 12.6. The molecule has 0 spiro atoms. The highest BCUT2D eigenvalue weighted by Gasteiger charge is 2.30. The highest BCUT2D eigenvalue weighted by Crippen LogP contribution is 2.33. The summed E-state index contributed by atoms with van der Waals surface area (Å²) < 4.78 is 38.2. The second-order valence-electron chi connectivity index (χ2n) is 5.26. The first-order valence-corrected chi connectivity index (χ1v) is 7.67. The highest BCUT2D eigenvalue weighted by atomic mass is 79.9. The Bertz CT molecular complexity index is 471. The number of alkyl halides is 3. The number of likely N-dealkylation sites (N-methyl/N-ethyl adjacent to an activating group) is 1. The highest BCUT2D eigenvalue weighted by molar-refractivity contribution is 9.10. The van der Waals surface area contributed by atoms with Gasteiger partial charge < -0.3 is 10.2 Å². The van der Waals surface area contributed by atoms with Crippen LogP contribution in [0.3, 0.4) is 0 Å². The molecule has 1 N–H and O–H groups in total. The molecule has 1 fully saturated rings. The van der Waals surface area contributed by atoms with Crippen LogP contribution < -0.4 is 5.32 Å². The van der Waals surface area contributed by atoms with Gasteiger partial charge in [-0.3, -0.25) is 4.90 Å². The number of nitrogens with zero attached hydrogens (tertiary/aromatic N) is 2. The molecule has 2 rings (SSSR count). The van der Waals surface area contributed by atoms with Crippen molar-refractivity contribution in [1.82, 2.24) is 9.80 Å². The van der Waals surface area contributed by atoms with E-state index in [1.54, 1.807) is 0 Å². The van der Waals surface area contributed by atoms with Gasteiger partial charge in [0.05, 0.1) is 5.56 Å². The maximum atomic E-state index is 12.6. The van der Waals surface area contributed by atoms with Crippen molar-refractivity contribution in [3.8, 4) is 0 Å². The summed E-state index contributed by atoms with van der Waals surface area (Å²) in [5.74, 6) is 0. The van der Waals surface area contributed by atoms with Gasteiger partial charge >= 0.3 is 6.18 Å². The van der Waals surface area contributed by atoms with Crippen LogP contribution >= 0.6 is 15.9 Å². The predicted molar refractivity (Wildman–Crippen MR) is 81.6 cm³/mol. The molecule has 118 valence electrons. The molecule has 1 aromatic carbocycles. The molecule has 1 aliphatic heterocycles. The lowest BCUT2D eigenvalue weighted by atomic mass is 10.2. The Morgan fingerprint density at radius 2 is 1.86 bits per heavy atom. The van der Waals surface area contributed by atoms with Crippen molar-refractivity contribution >= 4 is 21.6 Å². The predicted octanol–water partition coefficient (Wildman–Crippen LogP) is 3.13. The van der Waals surface area contributed by atoms with Crippen LogP contribution in [0.5, 0.6) is 0 Å². The molecule has 0 atom stereocenters. The van der Waals surface area contributed by atoms with E-state index in [1.807, 2.05) is 0 Å². The van der Waals surface area contributed by atoms with Gasteiger partial charge in [0.1, 0.15) is 0 Å². The molecule has 3 nitrogen and oxygen atoms in total. The Balaban J connectivity index is 1.83. The number of benzene rings is 1. The molecule has 0 unspecified atom stereocenters. The summed E-state index contributed by atoms with van der Waals surface area (Å²) in [5, 5.41) is 3.18. The van der Waals surface area contributed by atoms with Gasteiger partial charge in [0, 0.05) is 49.4 Å². The third kappa shape index (κ3) is 4.86. The number of piperazine rings is 1. The van der Waals surface area contributed by atoms with E-state index in [4.69, 9.17) is 0 Å². The molecular weight excluding hydrogens is 347 g/mol. The van der Waals surface area contributed by atoms with Crippen molar-refractivity contribution in [3.63, 3.8) is 0 Å². The van der Waals surface area contributed by atoms with E-state index in [9.17, 15) is 13.2 Å². The number of nitrogens with one attached hydrogen (secondary N) is 1. The van der Waals surface area contributed by atoms with Crippen molar-refractivity contribution in [3.05, 3.63) is 28.2 Å². The molecule has 1 aromatic rings. The lowest BCUT2D eigenvalue weighted by Gasteiger charge is -2.32. The Morgan fingerprint density at radius 1 is 1.19 bits per heavy atom. The fourth-order valence-electron chi connectivity index (χ4n) is 2.25. The zero-order chi connectivity index (χ0) is 15.5. The standard InChI is InChI=1S/C14H19BrF3N3/c1-20-6-8-21(9-7-20)5-4-19-13-3-2-11(10-12(13)15)14(16,17)18/h2-3,10,19H,4-9H2,1H3.